The van der Waals surface area contributed by atoms with Gasteiger partial charge in [0.2, 0.25) is 0 Å². The smallest absolute Gasteiger partial charge is 0.293 e. The van der Waals surface area contributed by atoms with Crippen LogP contribution in [0.25, 0.3) is 11.2 Å². The number of hydrogen-bond acceptors (Lipinski definition) is 7. The van der Waals surface area contributed by atoms with Crippen molar-refractivity contribution < 1.29 is 9.53 Å². The first-order valence-corrected chi connectivity index (χ1v) is 9.90. The number of nitrogens with zero attached hydrogens (tertiary/aromatic N) is 4. The number of rotatable bonds is 9. The molecule has 2 N–H and O–H groups in total. The molecular weight excluding hydrogens is 368 g/mol. The van der Waals surface area contributed by atoms with Crippen molar-refractivity contribution in [2.24, 2.45) is 0 Å². The molecule has 0 saturated heterocycles. The molecule has 0 fully saturated rings. The van der Waals surface area contributed by atoms with E-state index >= 15 is 0 Å². The van der Waals surface area contributed by atoms with E-state index in [1.807, 2.05) is 44.2 Å². The first-order chi connectivity index (χ1) is 14.2. The molecule has 2 heterocycles. The van der Waals surface area contributed by atoms with Crippen molar-refractivity contribution in [3.8, 4) is 0 Å². The Labute approximate surface area is 172 Å². The lowest BCUT2D eigenvalue weighted by molar-refractivity contribution is -0.129. The normalized spacial score (nSPS) is 9.83. The summed E-state index contributed by atoms with van der Waals surface area (Å²) in [6.07, 6.45) is 4.25. The van der Waals surface area contributed by atoms with E-state index in [4.69, 9.17) is 0 Å². The zero-order valence-corrected chi connectivity index (χ0v) is 17.8. The molecule has 29 heavy (non-hydrogen) atoms. The molecule has 0 aliphatic carbocycles. The molecule has 2 aromatic heterocycles. The van der Waals surface area contributed by atoms with Gasteiger partial charge in [0.05, 0.1) is 6.33 Å². The summed E-state index contributed by atoms with van der Waals surface area (Å²) in [5.74, 6) is 0.826. The lowest BCUT2D eigenvalue weighted by atomic mass is 10.2. The summed E-state index contributed by atoms with van der Waals surface area (Å²) in [5, 5.41) is 3.30. The molecule has 0 bridgehead atoms. The standard InChI is InChI=1S/C11H18N6.C8H8O2.C2H6/c1-3-17(2)6-4-5-12-10-9-11(14-7-13-9)16-8-15-10;9-7-10-6-8-4-2-1-3-5-8;1-2/h7-8H,3-6H2,1-2H3,(H2,12,13,14,15,16);1-5,7H,6H2;1-2H3. The van der Waals surface area contributed by atoms with Gasteiger partial charge in [0, 0.05) is 6.54 Å². The fraction of sp³-hybridized carbons (Fsp3) is 0.429. The Balaban J connectivity index is 0.000000299. The molecule has 0 radical (unpaired) electrons. The van der Waals surface area contributed by atoms with Crippen molar-refractivity contribution in [3.05, 3.63) is 48.5 Å². The third kappa shape index (κ3) is 9.16. The van der Waals surface area contributed by atoms with Crippen LogP contribution < -0.4 is 5.32 Å². The van der Waals surface area contributed by atoms with Gasteiger partial charge in [-0.25, -0.2) is 15.0 Å². The van der Waals surface area contributed by atoms with Gasteiger partial charge in [-0.1, -0.05) is 51.1 Å². The fourth-order valence-corrected chi connectivity index (χ4v) is 2.32. The van der Waals surface area contributed by atoms with Crippen molar-refractivity contribution in [1.29, 1.82) is 0 Å². The van der Waals surface area contributed by atoms with Crippen LogP contribution in [0.5, 0.6) is 0 Å². The highest BCUT2D eigenvalue weighted by Gasteiger charge is 2.04. The van der Waals surface area contributed by atoms with Crippen molar-refractivity contribution in [2.75, 3.05) is 32.0 Å². The molecule has 0 saturated carbocycles. The quantitative estimate of drug-likeness (QED) is 0.419. The average molecular weight is 401 g/mol. The third-order valence-electron chi connectivity index (χ3n) is 3.93. The Morgan fingerprint density at radius 2 is 1.93 bits per heavy atom. The summed E-state index contributed by atoms with van der Waals surface area (Å²) < 4.78 is 4.54. The van der Waals surface area contributed by atoms with Crippen LogP contribution in [0.3, 0.4) is 0 Å². The Hall–Kier alpha value is -3.00. The molecule has 8 nitrogen and oxygen atoms in total. The minimum Gasteiger partial charge on any atom is -0.463 e. The number of aromatic amines is 1. The minimum atomic E-state index is 0.365. The summed E-state index contributed by atoms with van der Waals surface area (Å²) in [7, 11) is 2.12. The van der Waals surface area contributed by atoms with Gasteiger partial charge in [-0.15, -0.1) is 0 Å². The van der Waals surface area contributed by atoms with E-state index in [1.165, 1.54) is 6.33 Å². The second kappa shape index (κ2) is 15.0. The van der Waals surface area contributed by atoms with Gasteiger partial charge in [-0.05, 0) is 32.1 Å². The number of aromatic nitrogens is 4. The molecular formula is C21H32N6O2. The van der Waals surface area contributed by atoms with E-state index in [0.29, 0.717) is 18.7 Å². The lowest BCUT2D eigenvalue weighted by Gasteiger charge is -2.13. The van der Waals surface area contributed by atoms with Gasteiger partial charge in [0.25, 0.3) is 6.47 Å². The molecule has 0 aliphatic heterocycles. The highest BCUT2D eigenvalue weighted by atomic mass is 16.5. The number of anilines is 1. The van der Waals surface area contributed by atoms with Crippen LogP contribution in [0, 0.1) is 0 Å². The Morgan fingerprint density at radius 1 is 1.17 bits per heavy atom. The number of H-pyrrole nitrogens is 1. The highest BCUT2D eigenvalue weighted by Crippen LogP contribution is 2.13. The number of ether oxygens (including phenoxy) is 1. The molecule has 3 rings (SSSR count). The van der Waals surface area contributed by atoms with Crippen LogP contribution >= 0.6 is 0 Å². The second-order valence-corrected chi connectivity index (χ2v) is 5.89. The van der Waals surface area contributed by atoms with E-state index < -0.39 is 0 Å². The first kappa shape index (κ1) is 24.0. The molecule has 0 spiro atoms. The van der Waals surface area contributed by atoms with E-state index in [1.54, 1.807) is 6.33 Å². The third-order valence-corrected chi connectivity index (χ3v) is 3.93. The Kier molecular flexibility index (Phi) is 12.4. The Morgan fingerprint density at radius 3 is 2.62 bits per heavy atom. The maximum Gasteiger partial charge on any atom is 0.293 e. The van der Waals surface area contributed by atoms with Crippen LogP contribution in [0.2, 0.25) is 0 Å². The Bertz CT molecular complexity index is 794. The van der Waals surface area contributed by atoms with E-state index in [-0.39, 0.29) is 0 Å². The molecule has 0 atom stereocenters. The van der Waals surface area contributed by atoms with Gasteiger partial charge < -0.3 is 19.9 Å². The number of carbonyl (C=O) groups is 1. The molecule has 8 heteroatoms. The topological polar surface area (TPSA) is 96.0 Å². The molecule has 1 aromatic carbocycles. The average Bonchev–Trinajstić information content (AvgIpc) is 3.27. The summed E-state index contributed by atoms with van der Waals surface area (Å²) in [6.45, 7) is 10.0. The molecule has 0 aliphatic rings. The van der Waals surface area contributed by atoms with Gasteiger partial charge in [0.1, 0.15) is 18.5 Å². The summed E-state index contributed by atoms with van der Waals surface area (Å²) in [5.41, 5.74) is 2.58. The predicted molar refractivity (Wildman–Crippen MR) is 117 cm³/mol. The zero-order valence-electron chi connectivity index (χ0n) is 17.8. The number of hydrogen-bond donors (Lipinski definition) is 2. The largest absolute Gasteiger partial charge is 0.463 e. The molecule has 0 unspecified atom stereocenters. The van der Waals surface area contributed by atoms with Crippen LogP contribution in [-0.2, 0) is 16.1 Å². The van der Waals surface area contributed by atoms with E-state index in [9.17, 15) is 4.79 Å². The van der Waals surface area contributed by atoms with E-state index in [2.05, 4.69) is 48.9 Å². The van der Waals surface area contributed by atoms with Crippen LogP contribution in [0.4, 0.5) is 5.82 Å². The number of carbonyl (C=O) groups excluding carboxylic acids is 1. The van der Waals surface area contributed by atoms with Gasteiger partial charge >= 0.3 is 0 Å². The maximum absolute atomic E-state index is 9.76. The number of benzene rings is 1. The van der Waals surface area contributed by atoms with Gasteiger partial charge in [-0.2, -0.15) is 0 Å². The zero-order chi connectivity index (χ0) is 21.3. The highest BCUT2D eigenvalue weighted by molar-refractivity contribution is 5.81. The second-order valence-electron chi connectivity index (χ2n) is 5.89. The van der Waals surface area contributed by atoms with Crippen molar-refractivity contribution >= 4 is 23.5 Å². The SMILES string of the molecule is CC.CCN(C)CCCNc1ncnc2nc[nH]c12.O=COCc1ccccc1. The summed E-state index contributed by atoms with van der Waals surface area (Å²) in [6, 6.07) is 9.55. The van der Waals surface area contributed by atoms with Crippen LogP contribution in [0.1, 0.15) is 32.8 Å². The van der Waals surface area contributed by atoms with Gasteiger partial charge in [-0.3, -0.25) is 4.79 Å². The molecule has 0 amide bonds. The number of fused-ring (bicyclic) bond motifs is 1. The number of nitrogens with one attached hydrogen (secondary N) is 2. The van der Waals surface area contributed by atoms with E-state index in [0.717, 1.165) is 43.0 Å². The predicted octanol–water partition coefficient (Wildman–Crippen LogP) is 3.49. The summed E-state index contributed by atoms with van der Waals surface area (Å²) >= 11 is 0. The minimum absolute atomic E-state index is 0.365. The first-order valence-electron chi connectivity index (χ1n) is 9.90. The van der Waals surface area contributed by atoms with Crippen molar-refractivity contribution in [3.63, 3.8) is 0 Å². The van der Waals surface area contributed by atoms with Crippen LogP contribution in [-0.4, -0.2) is 58.0 Å². The fourth-order valence-electron chi connectivity index (χ4n) is 2.32. The number of imidazole rings is 1. The lowest BCUT2D eigenvalue weighted by Crippen LogP contribution is -2.21. The van der Waals surface area contributed by atoms with Crippen LogP contribution in [0.15, 0.2) is 43.0 Å². The maximum atomic E-state index is 9.76. The summed E-state index contributed by atoms with van der Waals surface area (Å²) in [4.78, 5) is 27.5. The van der Waals surface area contributed by atoms with Crippen molar-refractivity contribution in [2.45, 2.75) is 33.8 Å². The van der Waals surface area contributed by atoms with Gasteiger partial charge in [0.15, 0.2) is 11.5 Å². The molecule has 3 aromatic rings. The van der Waals surface area contributed by atoms with Crippen molar-refractivity contribution in [1.82, 2.24) is 24.8 Å². The molecule has 158 valence electrons. The monoisotopic (exact) mass is 400 g/mol.